The first-order chi connectivity index (χ1) is 8.33. The van der Waals surface area contributed by atoms with Gasteiger partial charge in [0.05, 0.1) is 6.42 Å². The van der Waals surface area contributed by atoms with Crippen molar-refractivity contribution in [2.45, 2.75) is 25.7 Å². The Balaban J connectivity index is 2.67. The molecular formula is C13H17F2NO2. The second-order valence-electron chi connectivity index (χ2n) is 4.83. The van der Waals surface area contributed by atoms with Crippen LogP contribution in [-0.4, -0.2) is 24.2 Å². The van der Waals surface area contributed by atoms with E-state index in [4.69, 9.17) is 5.11 Å². The Kier molecular flexibility index (Phi) is 4.78. The van der Waals surface area contributed by atoms with Crippen LogP contribution >= 0.6 is 0 Å². The third kappa shape index (κ3) is 4.07. The number of halogens is 2. The maximum absolute atomic E-state index is 13.6. The van der Waals surface area contributed by atoms with Gasteiger partial charge in [0.1, 0.15) is 11.6 Å². The summed E-state index contributed by atoms with van der Waals surface area (Å²) in [4.78, 5) is 10.3. The fourth-order valence-electron chi connectivity index (χ4n) is 1.71. The highest BCUT2D eigenvalue weighted by molar-refractivity contribution is 5.66. The minimum Gasteiger partial charge on any atom is -0.481 e. The van der Waals surface area contributed by atoms with Gasteiger partial charge in [-0.25, -0.2) is 8.78 Å². The Bertz CT molecular complexity index is 433. The van der Waals surface area contributed by atoms with Crippen LogP contribution in [0.2, 0.25) is 0 Å². The van der Waals surface area contributed by atoms with E-state index in [9.17, 15) is 13.6 Å². The topological polar surface area (TPSA) is 49.3 Å². The van der Waals surface area contributed by atoms with Crippen LogP contribution in [0.3, 0.4) is 0 Å². The molecule has 3 nitrogen and oxygen atoms in total. The van der Waals surface area contributed by atoms with Crippen molar-refractivity contribution in [2.75, 3.05) is 13.1 Å². The minimum absolute atomic E-state index is 0.00170. The van der Waals surface area contributed by atoms with Crippen molar-refractivity contribution < 1.29 is 18.7 Å². The first kappa shape index (κ1) is 14.6. The van der Waals surface area contributed by atoms with Crippen molar-refractivity contribution in [3.05, 3.63) is 35.4 Å². The van der Waals surface area contributed by atoms with Gasteiger partial charge in [-0.05, 0) is 23.8 Å². The summed E-state index contributed by atoms with van der Waals surface area (Å²) in [7, 11) is 0. The standard InChI is InChI=1S/C13H17F2NO2/c1-13(2,8-16-6-5-12(17)18)10-7-9(14)3-4-11(10)15/h3-4,7,16H,5-6,8H2,1-2H3,(H,17,18). The van der Waals surface area contributed by atoms with Gasteiger partial charge in [0, 0.05) is 18.5 Å². The van der Waals surface area contributed by atoms with Gasteiger partial charge >= 0.3 is 5.97 Å². The van der Waals surface area contributed by atoms with Gasteiger partial charge in [0.2, 0.25) is 0 Å². The van der Waals surface area contributed by atoms with E-state index in [0.717, 1.165) is 12.1 Å². The van der Waals surface area contributed by atoms with Crippen LogP contribution in [0.25, 0.3) is 0 Å². The molecule has 5 heteroatoms. The van der Waals surface area contributed by atoms with Gasteiger partial charge in [-0.1, -0.05) is 13.8 Å². The molecule has 1 aromatic carbocycles. The maximum Gasteiger partial charge on any atom is 0.304 e. The van der Waals surface area contributed by atoms with Crippen LogP contribution in [-0.2, 0) is 10.2 Å². The van der Waals surface area contributed by atoms with Gasteiger partial charge in [0.25, 0.3) is 0 Å². The predicted molar refractivity (Wildman–Crippen MR) is 64.5 cm³/mol. The van der Waals surface area contributed by atoms with Gasteiger partial charge in [-0.2, -0.15) is 0 Å². The van der Waals surface area contributed by atoms with E-state index >= 15 is 0 Å². The Morgan fingerprint density at radius 1 is 1.39 bits per heavy atom. The lowest BCUT2D eigenvalue weighted by Crippen LogP contribution is -2.34. The molecule has 0 saturated heterocycles. The molecule has 0 bridgehead atoms. The zero-order valence-corrected chi connectivity index (χ0v) is 10.5. The van der Waals surface area contributed by atoms with Crippen molar-refractivity contribution in [2.24, 2.45) is 0 Å². The number of hydrogen-bond acceptors (Lipinski definition) is 2. The molecule has 0 fully saturated rings. The lowest BCUT2D eigenvalue weighted by molar-refractivity contribution is -0.136. The first-order valence-corrected chi connectivity index (χ1v) is 5.71. The Labute approximate surface area is 105 Å². The second kappa shape index (κ2) is 5.91. The number of carboxylic acid groups (broad SMARTS) is 1. The molecule has 0 aliphatic heterocycles. The summed E-state index contributed by atoms with van der Waals surface area (Å²) in [5.41, 5.74) is -0.324. The van der Waals surface area contributed by atoms with Gasteiger partial charge in [-0.15, -0.1) is 0 Å². The third-order valence-corrected chi connectivity index (χ3v) is 2.74. The molecule has 0 heterocycles. The maximum atomic E-state index is 13.6. The molecule has 0 amide bonds. The molecule has 0 atom stereocenters. The summed E-state index contributed by atoms with van der Waals surface area (Å²) in [5, 5.41) is 11.4. The highest BCUT2D eigenvalue weighted by atomic mass is 19.1. The van der Waals surface area contributed by atoms with Gasteiger partial charge in [0.15, 0.2) is 0 Å². The van der Waals surface area contributed by atoms with E-state index in [2.05, 4.69) is 5.32 Å². The molecule has 1 rings (SSSR count). The van der Waals surface area contributed by atoms with Crippen LogP contribution in [0.4, 0.5) is 8.78 Å². The molecule has 100 valence electrons. The molecule has 0 radical (unpaired) electrons. The van der Waals surface area contributed by atoms with E-state index in [1.165, 1.54) is 6.07 Å². The molecule has 2 N–H and O–H groups in total. The number of carboxylic acids is 1. The number of carbonyl (C=O) groups is 1. The van der Waals surface area contributed by atoms with E-state index in [1.807, 2.05) is 0 Å². The number of benzene rings is 1. The highest BCUT2D eigenvalue weighted by Crippen LogP contribution is 2.25. The number of rotatable bonds is 6. The summed E-state index contributed by atoms with van der Waals surface area (Å²) < 4.78 is 26.7. The molecule has 0 saturated carbocycles. The summed E-state index contributed by atoms with van der Waals surface area (Å²) in [5.74, 6) is -1.83. The van der Waals surface area contributed by atoms with Crippen LogP contribution in [0.15, 0.2) is 18.2 Å². The normalized spacial score (nSPS) is 11.6. The highest BCUT2D eigenvalue weighted by Gasteiger charge is 2.24. The SMILES string of the molecule is CC(C)(CNCCC(=O)O)c1cc(F)ccc1F. The molecule has 0 unspecified atom stereocenters. The van der Waals surface area contributed by atoms with E-state index in [-0.39, 0.29) is 12.0 Å². The van der Waals surface area contributed by atoms with Crippen molar-refractivity contribution >= 4 is 5.97 Å². The van der Waals surface area contributed by atoms with Crippen molar-refractivity contribution in [1.29, 1.82) is 0 Å². The zero-order valence-electron chi connectivity index (χ0n) is 10.5. The van der Waals surface area contributed by atoms with Crippen LogP contribution in [0.5, 0.6) is 0 Å². The lowest BCUT2D eigenvalue weighted by atomic mass is 9.84. The molecule has 1 aromatic rings. The zero-order chi connectivity index (χ0) is 13.8. The monoisotopic (exact) mass is 257 g/mol. The molecular weight excluding hydrogens is 240 g/mol. The summed E-state index contributed by atoms with van der Waals surface area (Å²) in [6.45, 7) is 4.23. The van der Waals surface area contributed by atoms with E-state index in [1.54, 1.807) is 13.8 Å². The smallest absolute Gasteiger partial charge is 0.304 e. The summed E-state index contributed by atoms with van der Waals surface area (Å²) in [6, 6.07) is 3.35. The number of hydrogen-bond donors (Lipinski definition) is 2. The summed E-state index contributed by atoms with van der Waals surface area (Å²) in [6.07, 6.45) is 0.00170. The van der Waals surface area contributed by atoms with Gasteiger partial charge < -0.3 is 10.4 Å². The van der Waals surface area contributed by atoms with Crippen LogP contribution < -0.4 is 5.32 Å². The summed E-state index contributed by atoms with van der Waals surface area (Å²) >= 11 is 0. The van der Waals surface area contributed by atoms with E-state index in [0.29, 0.717) is 13.1 Å². The Morgan fingerprint density at radius 2 is 2.06 bits per heavy atom. The molecule has 0 aliphatic carbocycles. The van der Waals surface area contributed by atoms with Crippen LogP contribution in [0, 0.1) is 11.6 Å². The fraction of sp³-hybridized carbons (Fsp3) is 0.462. The van der Waals surface area contributed by atoms with Crippen LogP contribution in [0.1, 0.15) is 25.8 Å². The van der Waals surface area contributed by atoms with E-state index < -0.39 is 23.0 Å². The second-order valence-corrected chi connectivity index (χ2v) is 4.83. The first-order valence-electron chi connectivity index (χ1n) is 5.71. The van der Waals surface area contributed by atoms with Gasteiger partial charge in [-0.3, -0.25) is 4.79 Å². The average Bonchev–Trinajstić information content (AvgIpc) is 2.27. The number of nitrogens with one attached hydrogen (secondary N) is 1. The molecule has 18 heavy (non-hydrogen) atoms. The minimum atomic E-state index is -0.891. The Morgan fingerprint density at radius 3 is 2.67 bits per heavy atom. The molecule has 0 aromatic heterocycles. The van der Waals surface area contributed by atoms with Crippen molar-refractivity contribution in [3.8, 4) is 0 Å². The van der Waals surface area contributed by atoms with Crippen molar-refractivity contribution in [1.82, 2.24) is 5.32 Å². The molecule has 0 aliphatic rings. The third-order valence-electron chi connectivity index (χ3n) is 2.74. The quantitative estimate of drug-likeness (QED) is 0.769. The lowest BCUT2D eigenvalue weighted by Gasteiger charge is -2.26. The Hall–Kier alpha value is -1.49. The molecule has 0 spiro atoms. The number of aliphatic carboxylic acids is 1. The predicted octanol–water partition coefficient (Wildman–Crippen LogP) is 2.31. The average molecular weight is 257 g/mol. The van der Waals surface area contributed by atoms with Crippen molar-refractivity contribution in [3.63, 3.8) is 0 Å². The largest absolute Gasteiger partial charge is 0.481 e. The fourth-order valence-corrected chi connectivity index (χ4v) is 1.71.